The van der Waals surface area contributed by atoms with E-state index in [9.17, 15) is 0 Å². The lowest BCUT2D eigenvalue weighted by Gasteiger charge is -2.56. The summed E-state index contributed by atoms with van der Waals surface area (Å²) in [6.07, 6.45) is 8.03. The van der Waals surface area contributed by atoms with Gasteiger partial charge in [0.15, 0.2) is 0 Å². The molecule has 0 radical (unpaired) electrons. The van der Waals surface area contributed by atoms with Crippen molar-refractivity contribution in [2.75, 3.05) is 0 Å². The van der Waals surface area contributed by atoms with Crippen LogP contribution in [0, 0.1) is 17.8 Å². The van der Waals surface area contributed by atoms with E-state index in [1.165, 1.54) is 25.7 Å². The molecule has 4 rings (SSSR count). The monoisotopic (exact) mass is 336 g/mol. The largest absolute Gasteiger partial charge is 0.0823 e. The Bertz CT molecular complexity index is 457. The average Bonchev–Trinajstić information content (AvgIpc) is 2.68. The number of alkyl halides is 1. The number of fused-ring (bicyclic) bond motifs is 2. The Hall–Kier alpha value is -0.310. The van der Waals surface area contributed by atoms with Crippen LogP contribution < -0.4 is 0 Å². The number of allylic oxidation sites excluding steroid dienone is 2. The van der Waals surface area contributed by atoms with Gasteiger partial charge in [0, 0.05) is 3.92 Å². The van der Waals surface area contributed by atoms with Gasteiger partial charge >= 0.3 is 0 Å². The minimum absolute atomic E-state index is 0.917. The van der Waals surface area contributed by atoms with Crippen molar-refractivity contribution in [3.05, 3.63) is 47.0 Å². The highest BCUT2D eigenvalue weighted by Gasteiger charge is 2.51. The maximum Gasteiger partial charge on any atom is 0.0149 e. The number of hydrogen-bond donors (Lipinski definition) is 0. The first-order chi connectivity index (χ1) is 8.31. The lowest BCUT2D eigenvalue weighted by atomic mass is 9.53. The van der Waals surface area contributed by atoms with Crippen LogP contribution in [-0.4, -0.2) is 3.92 Å². The molecule has 0 aromatic heterocycles. The smallest absolute Gasteiger partial charge is 0.0149 e. The van der Waals surface area contributed by atoms with Crippen molar-refractivity contribution in [2.45, 2.75) is 29.6 Å². The highest BCUT2D eigenvalue weighted by molar-refractivity contribution is 14.1. The fraction of sp³-hybridized carbons (Fsp3) is 0.500. The maximum atomic E-state index is 2.66. The zero-order valence-corrected chi connectivity index (χ0v) is 12.1. The average molecular weight is 336 g/mol. The Balaban J connectivity index is 1.52. The molecule has 0 amide bonds. The van der Waals surface area contributed by atoms with E-state index in [1.54, 1.807) is 16.7 Å². The van der Waals surface area contributed by atoms with Crippen molar-refractivity contribution in [3.63, 3.8) is 0 Å². The third-order valence-corrected chi connectivity index (χ3v) is 6.30. The molecule has 0 saturated heterocycles. The molecule has 0 spiro atoms. The highest BCUT2D eigenvalue weighted by Crippen LogP contribution is 2.58. The molecule has 2 fully saturated rings. The van der Waals surface area contributed by atoms with Gasteiger partial charge in [-0.3, -0.25) is 0 Å². The molecule has 3 aliphatic rings. The first-order valence-electron chi connectivity index (χ1n) is 6.71. The number of rotatable bonds is 1. The van der Waals surface area contributed by atoms with E-state index in [0.29, 0.717) is 0 Å². The van der Waals surface area contributed by atoms with Gasteiger partial charge in [-0.15, -0.1) is 0 Å². The molecule has 3 aliphatic carbocycles. The van der Waals surface area contributed by atoms with Crippen LogP contribution in [0.3, 0.4) is 0 Å². The normalized spacial score (nSPS) is 37.8. The van der Waals surface area contributed by atoms with Crippen LogP contribution in [0.15, 0.2) is 35.9 Å². The van der Waals surface area contributed by atoms with E-state index in [1.807, 2.05) is 0 Å². The zero-order chi connectivity index (χ0) is 11.4. The summed E-state index contributed by atoms with van der Waals surface area (Å²) in [5, 5.41) is 0. The number of benzene rings is 1. The summed E-state index contributed by atoms with van der Waals surface area (Å²) in [5.41, 5.74) is 4.81. The van der Waals surface area contributed by atoms with E-state index in [-0.39, 0.29) is 0 Å². The molecule has 0 aliphatic heterocycles. The Morgan fingerprint density at radius 1 is 1.06 bits per heavy atom. The lowest BCUT2D eigenvalue weighted by Crippen LogP contribution is -2.51. The molecule has 0 bridgehead atoms. The molecular formula is C16H17I. The van der Waals surface area contributed by atoms with Gasteiger partial charge in [-0.2, -0.15) is 0 Å². The van der Waals surface area contributed by atoms with E-state index in [4.69, 9.17) is 0 Å². The summed E-state index contributed by atoms with van der Waals surface area (Å²) in [7, 11) is 0. The van der Waals surface area contributed by atoms with Gasteiger partial charge in [0.2, 0.25) is 0 Å². The van der Waals surface area contributed by atoms with Gasteiger partial charge in [0.1, 0.15) is 0 Å². The Morgan fingerprint density at radius 2 is 1.76 bits per heavy atom. The minimum atomic E-state index is 0.917. The van der Waals surface area contributed by atoms with E-state index >= 15 is 0 Å². The molecule has 1 heteroatoms. The van der Waals surface area contributed by atoms with Gasteiger partial charge < -0.3 is 0 Å². The van der Waals surface area contributed by atoms with Crippen LogP contribution >= 0.6 is 22.6 Å². The molecule has 17 heavy (non-hydrogen) atoms. The first kappa shape index (κ1) is 10.6. The van der Waals surface area contributed by atoms with Crippen molar-refractivity contribution in [2.24, 2.45) is 17.8 Å². The molecular weight excluding hydrogens is 319 g/mol. The SMILES string of the molecule is IC1CC2CC(C=C3Cc4ccccc4C3)C12. The summed E-state index contributed by atoms with van der Waals surface area (Å²) in [6, 6.07) is 8.94. The third kappa shape index (κ3) is 1.61. The summed E-state index contributed by atoms with van der Waals surface area (Å²) < 4.78 is 0.969. The van der Waals surface area contributed by atoms with Crippen LogP contribution in [0.5, 0.6) is 0 Å². The van der Waals surface area contributed by atoms with Gasteiger partial charge in [0.25, 0.3) is 0 Å². The van der Waals surface area contributed by atoms with Crippen molar-refractivity contribution in [3.8, 4) is 0 Å². The van der Waals surface area contributed by atoms with E-state index < -0.39 is 0 Å². The molecule has 4 atom stereocenters. The van der Waals surface area contributed by atoms with Crippen molar-refractivity contribution in [1.29, 1.82) is 0 Å². The predicted octanol–water partition coefficient (Wildman–Crippen LogP) is 4.17. The van der Waals surface area contributed by atoms with Gasteiger partial charge in [-0.25, -0.2) is 0 Å². The number of hydrogen-bond acceptors (Lipinski definition) is 0. The third-order valence-electron chi connectivity index (χ3n) is 4.96. The van der Waals surface area contributed by atoms with Crippen LogP contribution in [0.4, 0.5) is 0 Å². The van der Waals surface area contributed by atoms with Crippen molar-refractivity contribution < 1.29 is 0 Å². The number of halogens is 1. The first-order valence-corrected chi connectivity index (χ1v) is 7.96. The van der Waals surface area contributed by atoms with E-state index in [2.05, 4.69) is 52.9 Å². The molecule has 1 aromatic carbocycles. The molecule has 4 unspecified atom stereocenters. The Morgan fingerprint density at radius 3 is 2.35 bits per heavy atom. The predicted molar refractivity (Wildman–Crippen MR) is 79.4 cm³/mol. The quantitative estimate of drug-likeness (QED) is 0.410. The Labute approximate surface area is 117 Å². The highest BCUT2D eigenvalue weighted by atomic mass is 127. The molecule has 0 N–H and O–H groups in total. The zero-order valence-electron chi connectivity index (χ0n) is 9.90. The second-order valence-electron chi connectivity index (χ2n) is 5.94. The molecule has 0 nitrogen and oxygen atoms in total. The van der Waals surface area contributed by atoms with E-state index in [0.717, 1.165) is 21.7 Å². The van der Waals surface area contributed by atoms with Crippen LogP contribution in [0.1, 0.15) is 24.0 Å². The van der Waals surface area contributed by atoms with Crippen molar-refractivity contribution >= 4 is 22.6 Å². The summed E-state index contributed by atoms with van der Waals surface area (Å²) in [5.74, 6) is 3.04. The molecule has 2 saturated carbocycles. The standard InChI is InChI=1S/C16H17I/c17-15-9-14-8-13(16(14)15)7-10-5-11-3-1-2-4-12(11)6-10/h1-4,7,13-16H,5-6,8-9H2. The second kappa shape index (κ2) is 3.84. The fourth-order valence-electron chi connectivity index (χ4n) is 3.94. The van der Waals surface area contributed by atoms with Crippen LogP contribution in [0.25, 0.3) is 0 Å². The second-order valence-corrected chi connectivity index (χ2v) is 7.54. The van der Waals surface area contributed by atoms with Crippen LogP contribution in [0.2, 0.25) is 0 Å². The van der Waals surface area contributed by atoms with Crippen LogP contribution in [-0.2, 0) is 12.8 Å². The Kier molecular flexibility index (Phi) is 2.39. The summed E-state index contributed by atoms with van der Waals surface area (Å²) in [4.78, 5) is 0. The lowest BCUT2D eigenvalue weighted by molar-refractivity contribution is 0.0185. The fourth-order valence-corrected chi connectivity index (χ4v) is 5.71. The molecule has 88 valence electrons. The topological polar surface area (TPSA) is 0 Å². The van der Waals surface area contributed by atoms with Crippen molar-refractivity contribution in [1.82, 2.24) is 0 Å². The maximum absolute atomic E-state index is 2.66. The van der Waals surface area contributed by atoms with Gasteiger partial charge in [-0.05, 0) is 54.6 Å². The summed E-state index contributed by atoms with van der Waals surface area (Å²) in [6.45, 7) is 0. The van der Waals surface area contributed by atoms with Gasteiger partial charge in [-0.1, -0.05) is 58.5 Å². The molecule has 1 aromatic rings. The van der Waals surface area contributed by atoms with Gasteiger partial charge in [0.05, 0.1) is 0 Å². The minimum Gasteiger partial charge on any atom is -0.0823 e. The molecule has 0 heterocycles. The summed E-state index contributed by atoms with van der Waals surface area (Å²) >= 11 is 2.66.